The molecule has 0 saturated heterocycles. The lowest BCUT2D eigenvalue weighted by atomic mass is 9.98. The van der Waals surface area contributed by atoms with Crippen LogP contribution in [-0.2, 0) is 17.1 Å². The number of furan rings is 1. The molecule has 2 N–H and O–H groups in total. The SMILES string of the molecule is CNC(=O)c1c(-c2ccc(F)cc2)oc2cc(N(C)S(C)(=O)=O)c(-c3cc[n+](C)c(-c4cc5c(F)cccc5[nH]4)c3)cc12.[I-]. The molecule has 0 aliphatic carbocycles. The van der Waals surface area contributed by atoms with Crippen LogP contribution in [0.25, 0.3) is 55.7 Å². The first-order valence-corrected chi connectivity index (χ1v) is 15.1. The van der Waals surface area contributed by atoms with Crippen LogP contribution in [0, 0.1) is 11.6 Å². The monoisotopic (exact) mass is 728 g/mol. The molecule has 8 nitrogen and oxygen atoms in total. The number of aromatic nitrogens is 2. The number of hydrogen-bond acceptors (Lipinski definition) is 4. The van der Waals surface area contributed by atoms with E-state index in [1.807, 2.05) is 29.9 Å². The molecule has 0 aliphatic heterocycles. The van der Waals surface area contributed by atoms with E-state index in [2.05, 4.69) is 10.3 Å². The first kappa shape index (κ1) is 31.1. The van der Waals surface area contributed by atoms with Crippen molar-refractivity contribution in [2.45, 2.75) is 0 Å². The number of amides is 1. The number of anilines is 1. The van der Waals surface area contributed by atoms with Crippen molar-refractivity contribution >= 4 is 43.5 Å². The van der Waals surface area contributed by atoms with Crippen molar-refractivity contribution in [3.63, 3.8) is 0 Å². The van der Waals surface area contributed by atoms with Crippen LogP contribution in [0.3, 0.4) is 0 Å². The van der Waals surface area contributed by atoms with Gasteiger partial charge in [-0.2, -0.15) is 4.57 Å². The number of pyridine rings is 1. The van der Waals surface area contributed by atoms with Crippen molar-refractivity contribution in [3.8, 4) is 33.8 Å². The van der Waals surface area contributed by atoms with Gasteiger partial charge in [-0.05, 0) is 54.1 Å². The van der Waals surface area contributed by atoms with Crippen LogP contribution in [0.1, 0.15) is 10.4 Å². The molecule has 0 bridgehead atoms. The Morgan fingerprint density at radius 1 is 0.977 bits per heavy atom. The number of carbonyl (C=O) groups is 1. The number of fused-ring (bicyclic) bond motifs is 2. The fourth-order valence-electron chi connectivity index (χ4n) is 5.22. The third-order valence-corrected chi connectivity index (χ3v) is 8.74. The highest BCUT2D eigenvalue weighted by atomic mass is 127. The number of halogens is 3. The van der Waals surface area contributed by atoms with Gasteiger partial charge in [-0.1, -0.05) is 6.07 Å². The maximum absolute atomic E-state index is 14.5. The second-order valence-corrected chi connectivity index (χ2v) is 12.3. The van der Waals surface area contributed by atoms with E-state index in [1.54, 1.807) is 30.3 Å². The maximum Gasteiger partial charge on any atom is 0.255 e. The summed E-state index contributed by atoms with van der Waals surface area (Å²) in [4.78, 5) is 16.4. The lowest BCUT2D eigenvalue weighted by molar-refractivity contribution is -0.660. The molecule has 0 spiro atoms. The van der Waals surface area contributed by atoms with Gasteiger partial charge in [0.15, 0.2) is 6.20 Å². The van der Waals surface area contributed by atoms with Gasteiger partial charge in [-0.3, -0.25) is 9.10 Å². The van der Waals surface area contributed by atoms with E-state index in [4.69, 9.17) is 4.42 Å². The summed E-state index contributed by atoms with van der Waals surface area (Å²) in [5.41, 5.74) is 4.49. The summed E-state index contributed by atoms with van der Waals surface area (Å²) in [6, 6.07) is 19.1. The number of nitrogens with one attached hydrogen (secondary N) is 2. The second-order valence-electron chi connectivity index (χ2n) is 10.3. The lowest BCUT2D eigenvalue weighted by Gasteiger charge is -2.20. The van der Waals surface area contributed by atoms with Gasteiger partial charge < -0.3 is 38.7 Å². The Kier molecular flexibility index (Phi) is 8.25. The van der Waals surface area contributed by atoms with E-state index in [-0.39, 0.29) is 46.7 Å². The van der Waals surface area contributed by atoms with Gasteiger partial charge in [-0.25, -0.2) is 17.2 Å². The first-order chi connectivity index (χ1) is 20.5. The normalized spacial score (nSPS) is 11.5. The molecule has 3 aromatic heterocycles. The summed E-state index contributed by atoms with van der Waals surface area (Å²) in [6.45, 7) is 0. The standard InChI is InChI=1S/C32H26F2N4O4S.HI/c1-35-32(39)30-23-15-21(19-12-13-37(2)28(14-19)26-16-22-24(34)6-5-7-25(22)36-26)27(38(3)43(4,40)41)17-29(23)42-31(30)18-8-10-20(33)11-9-18;/h5-17H,1-4H3,(H,35,39);1H. The molecular formula is C32H27F2IN4O4S. The highest BCUT2D eigenvalue weighted by Crippen LogP contribution is 2.41. The first-order valence-electron chi connectivity index (χ1n) is 13.3. The minimum Gasteiger partial charge on any atom is -1.00 e. The van der Waals surface area contributed by atoms with E-state index in [0.29, 0.717) is 50.1 Å². The summed E-state index contributed by atoms with van der Waals surface area (Å²) in [5.74, 6) is -0.986. The zero-order valence-corrected chi connectivity index (χ0v) is 27.0. The number of hydrogen-bond donors (Lipinski definition) is 2. The van der Waals surface area contributed by atoms with Crippen LogP contribution < -0.4 is 38.2 Å². The van der Waals surface area contributed by atoms with E-state index in [1.165, 1.54) is 44.4 Å². The molecule has 0 unspecified atom stereocenters. The molecule has 6 rings (SSSR count). The minimum absolute atomic E-state index is 0. The van der Waals surface area contributed by atoms with Gasteiger partial charge in [0.05, 0.1) is 17.5 Å². The highest BCUT2D eigenvalue weighted by Gasteiger charge is 2.27. The van der Waals surface area contributed by atoms with Gasteiger partial charge in [0.25, 0.3) is 5.91 Å². The smallest absolute Gasteiger partial charge is 0.255 e. The number of sulfonamides is 1. The van der Waals surface area contributed by atoms with Crippen LogP contribution in [0.15, 0.2) is 83.4 Å². The number of aryl methyl sites for hydroxylation is 1. The number of rotatable bonds is 6. The summed E-state index contributed by atoms with van der Waals surface area (Å²) in [6.07, 6.45) is 2.92. The summed E-state index contributed by atoms with van der Waals surface area (Å²) in [5, 5.41) is 3.53. The summed E-state index contributed by atoms with van der Waals surface area (Å²) in [7, 11) is 1.07. The fourth-order valence-corrected chi connectivity index (χ4v) is 5.73. The van der Waals surface area contributed by atoms with Gasteiger partial charge in [0.1, 0.15) is 35.7 Å². The average Bonchev–Trinajstić information content (AvgIpc) is 3.58. The van der Waals surface area contributed by atoms with Gasteiger partial charge >= 0.3 is 0 Å². The quantitative estimate of drug-likeness (QED) is 0.204. The molecule has 0 saturated carbocycles. The molecule has 0 aliphatic rings. The van der Waals surface area contributed by atoms with Crippen LogP contribution >= 0.6 is 0 Å². The molecule has 0 atom stereocenters. The van der Waals surface area contributed by atoms with Crippen LogP contribution in [0.4, 0.5) is 14.5 Å². The van der Waals surface area contributed by atoms with Crippen LogP contribution in [0.5, 0.6) is 0 Å². The van der Waals surface area contributed by atoms with Crippen molar-refractivity contribution in [3.05, 3.63) is 96.2 Å². The molecule has 3 heterocycles. The molecule has 0 fully saturated rings. The molecule has 6 aromatic rings. The van der Waals surface area contributed by atoms with E-state index >= 15 is 0 Å². The zero-order chi connectivity index (χ0) is 30.6. The third kappa shape index (κ3) is 5.43. The molecule has 44 heavy (non-hydrogen) atoms. The van der Waals surface area contributed by atoms with Crippen LogP contribution in [-0.4, -0.2) is 39.7 Å². The van der Waals surface area contributed by atoms with Crippen molar-refractivity contribution in [1.29, 1.82) is 0 Å². The Balaban J connectivity index is 0.00000384. The van der Waals surface area contributed by atoms with Gasteiger partial charge in [0, 0.05) is 59.7 Å². The average molecular weight is 729 g/mol. The fraction of sp³-hybridized carbons (Fsp3) is 0.125. The molecule has 12 heteroatoms. The van der Waals surface area contributed by atoms with Crippen molar-refractivity contribution in [1.82, 2.24) is 10.3 Å². The summed E-state index contributed by atoms with van der Waals surface area (Å²) < 4.78 is 62.9. The Bertz CT molecular complexity index is 2180. The summed E-state index contributed by atoms with van der Waals surface area (Å²) >= 11 is 0. The molecular weight excluding hydrogens is 701 g/mol. The van der Waals surface area contributed by atoms with E-state index < -0.39 is 21.7 Å². The molecule has 0 radical (unpaired) electrons. The minimum atomic E-state index is -3.71. The number of aromatic amines is 1. The zero-order valence-electron chi connectivity index (χ0n) is 24.1. The maximum atomic E-state index is 14.5. The Morgan fingerprint density at radius 2 is 1.70 bits per heavy atom. The molecule has 3 aromatic carbocycles. The molecule has 226 valence electrons. The number of H-pyrrole nitrogens is 1. The predicted molar refractivity (Wildman–Crippen MR) is 162 cm³/mol. The largest absolute Gasteiger partial charge is 1.00 e. The third-order valence-electron chi connectivity index (χ3n) is 7.55. The number of nitrogens with zero attached hydrogens (tertiary/aromatic N) is 2. The highest BCUT2D eigenvalue weighted by molar-refractivity contribution is 7.92. The topological polar surface area (TPSA) is 99.3 Å². The van der Waals surface area contributed by atoms with Crippen LogP contribution in [0.2, 0.25) is 0 Å². The predicted octanol–water partition coefficient (Wildman–Crippen LogP) is 2.78. The van der Waals surface area contributed by atoms with Crippen molar-refractivity contribution in [2.75, 3.05) is 24.7 Å². The Labute approximate surface area is 269 Å². The number of carbonyl (C=O) groups excluding carboxylic acids is 1. The van der Waals surface area contributed by atoms with Gasteiger partial charge in [-0.15, -0.1) is 0 Å². The lowest BCUT2D eigenvalue weighted by Crippen LogP contribution is -3.00. The van der Waals surface area contributed by atoms with E-state index in [0.717, 1.165) is 10.6 Å². The van der Waals surface area contributed by atoms with E-state index in [9.17, 15) is 22.0 Å². The Morgan fingerprint density at radius 3 is 2.36 bits per heavy atom. The number of benzene rings is 3. The van der Waals surface area contributed by atoms with Crippen molar-refractivity contribution < 1.29 is 55.0 Å². The second kappa shape index (κ2) is 11.7. The van der Waals surface area contributed by atoms with Gasteiger partial charge in [0.2, 0.25) is 15.7 Å². The van der Waals surface area contributed by atoms with Crippen molar-refractivity contribution in [2.24, 2.45) is 7.05 Å². The Hall–Kier alpha value is -4.30. The molecule has 1 amide bonds.